The number of benzene rings is 2. The predicted octanol–water partition coefficient (Wildman–Crippen LogP) is 2.80. The number of ether oxygens (including phenoxy) is 2. The molecule has 0 fully saturated rings. The third-order valence-corrected chi connectivity index (χ3v) is 2.86. The van der Waals surface area contributed by atoms with Crippen molar-refractivity contribution < 1.29 is 28.2 Å². The minimum absolute atomic E-state index is 0.00567. The van der Waals surface area contributed by atoms with Gasteiger partial charge in [0.2, 0.25) is 0 Å². The highest BCUT2D eigenvalue weighted by molar-refractivity contribution is 5.91. The number of alkyl halides is 2. The molecule has 7 heteroatoms. The molecule has 0 spiro atoms. The summed E-state index contributed by atoms with van der Waals surface area (Å²) in [6.45, 7) is -3.33. The van der Waals surface area contributed by atoms with Crippen molar-refractivity contribution in [2.45, 2.75) is 13.2 Å². The summed E-state index contributed by atoms with van der Waals surface area (Å²) in [5.74, 6) is 0.0113. The molecule has 0 saturated carbocycles. The maximum absolute atomic E-state index is 12.0. The summed E-state index contributed by atoms with van der Waals surface area (Å²) in [5.41, 5.74) is 1.00. The van der Waals surface area contributed by atoms with Crippen molar-refractivity contribution in [1.82, 2.24) is 0 Å². The summed E-state index contributed by atoms with van der Waals surface area (Å²) in [4.78, 5) is 11.8. The number of amides is 1. The van der Waals surface area contributed by atoms with Gasteiger partial charge in [-0.3, -0.25) is 4.79 Å². The summed E-state index contributed by atoms with van der Waals surface area (Å²) in [5, 5.41) is 11.7. The Morgan fingerprint density at radius 2 is 1.83 bits per heavy atom. The van der Waals surface area contributed by atoms with E-state index in [0.29, 0.717) is 17.0 Å². The van der Waals surface area contributed by atoms with Crippen LogP contribution in [0.5, 0.6) is 11.5 Å². The monoisotopic (exact) mass is 323 g/mol. The molecule has 5 nitrogen and oxygen atoms in total. The lowest BCUT2D eigenvalue weighted by Gasteiger charge is -2.10. The SMILES string of the molecule is O=C(COc1ccccc1CO)Nc1ccc(OC(F)F)cc1. The lowest BCUT2D eigenvalue weighted by molar-refractivity contribution is -0.118. The van der Waals surface area contributed by atoms with Crippen LogP contribution in [0.4, 0.5) is 14.5 Å². The van der Waals surface area contributed by atoms with Gasteiger partial charge >= 0.3 is 6.61 Å². The van der Waals surface area contributed by atoms with Gasteiger partial charge in [0.05, 0.1) is 6.61 Å². The van der Waals surface area contributed by atoms with E-state index in [9.17, 15) is 13.6 Å². The molecular formula is C16H15F2NO4. The van der Waals surface area contributed by atoms with Gasteiger partial charge in [-0.15, -0.1) is 0 Å². The molecule has 0 unspecified atom stereocenters. The minimum atomic E-state index is -2.89. The van der Waals surface area contributed by atoms with Gasteiger partial charge < -0.3 is 19.9 Å². The van der Waals surface area contributed by atoms with Crippen LogP contribution < -0.4 is 14.8 Å². The Kier molecular flexibility index (Phi) is 5.87. The fourth-order valence-corrected chi connectivity index (χ4v) is 1.84. The first kappa shape index (κ1) is 16.7. The zero-order chi connectivity index (χ0) is 16.7. The van der Waals surface area contributed by atoms with Gasteiger partial charge in [0, 0.05) is 11.3 Å². The van der Waals surface area contributed by atoms with Crippen LogP contribution in [0.25, 0.3) is 0 Å². The van der Waals surface area contributed by atoms with Crippen molar-refractivity contribution in [3.05, 3.63) is 54.1 Å². The number of para-hydroxylation sites is 1. The Balaban J connectivity index is 1.87. The van der Waals surface area contributed by atoms with Gasteiger partial charge in [0.15, 0.2) is 6.61 Å². The van der Waals surface area contributed by atoms with E-state index >= 15 is 0 Å². The van der Waals surface area contributed by atoms with E-state index in [1.165, 1.54) is 24.3 Å². The van der Waals surface area contributed by atoms with Crippen LogP contribution in [0.1, 0.15) is 5.56 Å². The maximum Gasteiger partial charge on any atom is 0.387 e. The van der Waals surface area contributed by atoms with Crippen LogP contribution in [0.15, 0.2) is 48.5 Å². The third-order valence-electron chi connectivity index (χ3n) is 2.86. The number of hydrogen-bond donors (Lipinski definition) is 2. The van der Waals surface area contributed by atoms with Gasteiger partial charge in [0.1, 0.15) is 11.5 Å². The van der Waals surface area contributed by atoms with E-state index in [2.05, 4.69) is 10.1 Å². The molecule has 0 aliphatic rings. The number of hydrogen-bond acceptors (Lipinski definition) is 4. The summed E-state index contributed by atoms with van der Waals surface area (Å²) in [7, 11) is 0. The lowest BCUT2D eigenvalue weighted by atomic mass is 10.2. The minimum Gasteiger partial charge on any atom is -0.483 e. The molecule has 2 aromatic rings. The van der Waals surface area contributed by atoms with Crippen molar-refractivity contribution in [2.75, 3.05) is 11.9 Å². The average Bonchev–Trinajstić information content (AvgIpc) is 2.54. The van der Waals surface area contributed by atoms with Gasteiger partial charge in [-0.1, -0.05) is 18.2 Å². The third kappa shape index (κ3) is 5.23. The van der Waals surface area contributed by atoms with Crippen molar-refractivity contribution in [3.63, 3.8) is 0 Å². The van der Waals surface area contributed by atoms with Crippen LogP contribution >= 0.6 is 0 Å². The Hall–Kier alpha value is -2.67. The molecule has 2 aromatic carbocycles. The average molecular weight is 323 g/mol. The smallest absolute Gasteiger partial charge is 0.387 e. The number of carbonyl (C=O) groups excluding carboxylic acids is 1. The Morgan fingerprint density at radius 1 is 1.13 bits per heavy atom. The van der Waals surface area contributed by atoms with Crippen LogP contribution in [-0.4, -0.2) is 24.2 Å². The second-order valence-corrected chi connectivity index (χ2v) is 4.51. The fourth-order valence-electron chi connectivity index (χ4n) is 1.84. The lowest BCUT2D eigenvalue weighted by Crippen LogP contribution is -2.20. The Bertz CT molecular complexity index is 647. The quantitative estimate of drug-likeness (QED) is 0.822. The van der Waals surface area contributed by atoms with Gasteiger partial charge in [-0.2, -0.15) is 8.78 Å². The zero-order valence-corrected chi connectivity index (χ0v) is 12.0. The van der Waals surface area contributed by atoms with Crippen LogP contribution in [0.2, 0.25) is 0 Å². The van der Waals surface area contributed by atoms with Gasteiger partial charge in [-0.05, 0) is 30.3 Å². The number of anilines is 1. The second kappa shape index (κ2) is 8.09. The molecule has 0 radical (unpaired) electrons. The molecule has 23 heavy (non-hydrogen) atoms. The number of aliphatic hydroxyl groups is 1. The standard InChI is InChI=1S/C16H15F2NO4/c17-16(18)23-13-7-5-12(6-8-13)19-15(21)10-22-14-4-2-1-3-11(14)9-20/h1-8,16,20H,9-10H2,(H,19,21). The second-order valence-electron chi connectivity index (χ2n) is 4.51. The Morgan fingerprint density at radius 3 is 2.48 bits per heavy atom. The molecule has 2 rings (SSSR count). The van der Waals surface area contributed by atoms with Crippen molar-refractivity contribution in [3.8, 4) is 11.5 Å². The van der Waals surface area contributed by atoms with E-state index in [1.54, 1.807) is 24.3 Å². The largest absolute Gasteiger partial charge is 0.483 e. The van der Waals surface area contributed by atoms with E-state index in [1.807, 2.05) is 0 Å². The van der Waals surface area contributed by atoms with Gasteiger partial charge in [-0.25, -0.2) is 0 Å². The summed E-state index contributed by atoms with van der Waals surface area (Å²) >= 11 is 0. The first-order chi connectivity index (χ1) is 11.1. The summed E-state index contributed by atoms with van der Waals surface area (Å²) < 4.78 is 33.6. The van der Waals surface area contributed by atoms with Crippen molar-refractivity contribution in [1.29, 1.82) is 0 Å². The topological polar surface area (TPSA) is 67.8 Å². The maximum atomic E-state index is 12.0. The highest BCUT2D eigenvalue weighted by Gasteiger charge is 2.08. The molecule has 0 aliphatic heterocycles. The molecule has 0 aromatic heterocycles. The fraction of sp³-hybridized carbons (Fsp3) is 0.188. The summed E-state index contributed by atoms with van der Waals surface area (Å²) in [6.07, 6.45) is 0. The first-order valence-corrected chi connectivity index (χ1v) is 6.75. The molecule has 0 atom stereocenters. The van der Waals surface area contributed by atoms with E-state index in [-0.39, 0.29) is 19.0 Å². The van der Waals surface area contributed by atoms with Crippen LogP contribution in [0, 0.1) is 0 Å². The Labute approximate surface area is 131 Å². The van der Waals surface area contributed by atoms with E-state index in [4.69, 9.17) is 9.84 Å². The molecule has 2 N–H and O–H groups in total. The van der Waals surface area contributed by atoms with Crippen molar-refractivity contribution in [2.24, 2.45) is 0 Å². The molecule has 0 aliphatic carbocycles. The zero-order valence-electron chi connectivity index (χ0n) is 12.0. The molecule has 122 valence electrons. The number of nitrogens with one attached hydrogen (secondary N) is 1. The highest BCUT2D eigenvalue weighted by Crippen LogP contribution is 2.19. The number of rotatable bonds is 7. The van der Waals surface area contributed by atoms with E-state index in [0.717, 1.165) is 0 Å². The van der Waals surface area contributed by atoms with Crippen LogP contribution in [0.3, 0.4) is 0 Å². The number of aliphatic hydroxyl groups excluding tert-OH is 1. The van der Waals surface area contributed by atoms with E-state index < -0.39 is 12.5 Å². The highest BCUT2D eigenvalue weighted by atomic mass is 19.3. The number of halogens is 2. The summed E-state index contributed by atoms with van der Waals surface area (Å²) in [6, 6.07) is 12.3. The molecule has 0 saturated heterocycles. The first-order valence-electron chi connectivity index (χ1n) is 6.75. The van der Waals surface area contributed by atoms with Crippen molar-refractivity contribution >= 4 is 11.6 Å². The normalized spacial score (nSPS) is 10.4. The number of carbonyl (C=O) groups is 1. The molecular weight excluding hydrogens is 308 g/mol. The van der Waals surface area contributed by atoms with Crippen LogP contribution in [-0.2, 0) is 11.4 Å². The molecule has 1 amide bonds. The molecule has 0 bridgehead atoms. The molecule has 0 heterocycles. The predicted molar refractivity (Wildman–Crippen MR) is 79.6 cm³/mol. The van der Waals surface area contributed by atoms with Gasteiger partial charge in [0.25, 0.3) is 5.91 Å².